The van der Waals surface area contributed by atoms with Crippen molar-refractivity contribution in [2.75, 3.05) is 30.5 Å². The maximum Gasteiger partial charge on any atom is 0.414 e. The molecule has 21 heavy (non-hydrogen) atoms. The van der Waals surface area contributed by atoms with Gasteiger partial charge in [-0.05, 0) is 24.3 Å². The first kappa shape index (κ1) is 15.2. The van der Waals surface area contributed by atoms with Crippen molar-refractivity contribution < 1.29 is 14.3 Å². The molecule has 2 rings (SSSR count). The van der Waals surface area contributed by atoms with Crippen LogP contribution in [0.4, 0.5) is 10.5 Å². The van der Waals surface area contributed by atoms with Crippen LogP contribution in [0.2, 0.25) is 0 Å². The molecule has 0 unspecified atom stereocenters. The highest BCUT2D eigenvalue weighted by Crippen LogP contribution is 2.18. The number of carbonyl (C=O) groups excluding carboxylic acids is 2. The Kier molecular flexibility index (Phi) is 5.47. The van der Waals surface area contributed by atoms with E-state index in [1.807, 2.05) is 24.3 Å². The van der Waals surface area contributed by atoms with Crippen molar-refractivity contribution in [3.8, 4) is 11.8 Å². The first-order valence-corrected chi connectivity index (χ1v) is 7.10. The van der Waals surface area contributed by atoms with E-state index in [0.29, 0.717) is 25.5 Å². The predicted molar refractivity (Wildman–Crippen MR) is 80.4 cm³/mol. The first-order valence-electron chi connectivity index (χ1n) is 6.56. The smallest absolute Gasteiger partial charge is 0.414 e. The van der Waals surface area contributed by atoms with Crippen LogP contribution in [0, 0.1) is 11.8 Å². The topological polar surface area (TPSA) is 58.6 Å². The number of anilines is 1. The largest absolute Gasteiger partial charge is 0.447 e. The van der Waals surface area contributed by atoms with E-state index >= 15 is 0 Å². The normalized spacial score (nSPS) is 13.4. The monoisotopic (exact) mass is 306 g/mol. The lowest BCUT2D eigenvalue weighted by atomic mass is 10.2. The quantitative estimate of drug-likeness (QED) is 0.681. The molecule has 110 valence electrons. The van der Waals surface area contributed by atoms with Gasteiger partial charge >= 0.3 is 6.09 Å². The van der Waals surface area contributed by atoms with Gasteiger partial charge in [-0.3, -0.25) is 9.69 Å². The minimum atomic E-state index is -0.323. The number of rotatable bonds is 4. The van der Waals surface area contributed by atoms with E-state index in [2.05, 4.69) is 17.2 Å². The van der Waals surface area contributed by atoms with Gasteiger partial charge in [0.05, 0.1) is 13.1 Å². The van der Waals surface area contributed by atoms with Gasteiger partial charge in [-0.15, -0.1) is 11.6 Å². The molecule has 1 aromatic rings. The number of nitrogens with zero attached hydrogens (tertiary/aromatic N) is 1. The van der Waals surface area contributed by atoms with Crippen molar-refractivity contribution in [1.29, 1.82) is 0 Å². The molecule has 0 aromatic heterocycles. The zero-order valence-corrected chi connectivity index (χ0v) is 12.2. The van der Waals surface area contributed by atoms with Crippen molar-refractivity contribution in [2.24, 2.45) is 0 Å². The number of ether oxygens (including phenoxy) is 1. The van der Waals surface area contributed by atoms with E-state index in [4.69, 9.17) is 16.3 Å². The maximum atomic E-state index is 11.4. The summed E-state index contributed by atoms with van der Waals surface area (Å²) in [7, 11) is 0. The molecule has 0 saturated carbocycles. The third kappa shape index (κ3) is 4.40. The molecule has 0 bridgehead atoms. The molecular formula is C15H15ClN2O3. The summed E-state index contributed by atoms with van der Waals surface area (Å²) in [6, 6.07) is 7.30. The molecule has 0 aliphatic carbocycles. The molecule has 1 fully saturated rings. The van der Waals surface area contributed by atoms with Crippen LogP contribution in [0.15, 0.2) is 24.3 Å². The van der Waals surface area contributed by atoms with Crippen LogP contribution >= 0.6 is 11.6 Å². The summed E-state index contributed by atoms with van der Waals surface area (Å²) in [5, 5.41) is 2.65. The minimum Gasteiger partial charge on any atom is -0.447 e. The summed E-state index contributed by atoms with van der Waals surface area (Å²) in [4.78, 5) is 24.2. The van der Waals surface area contributed by atoms with Gasteiger partial charge in [-0.25, -0.2) is 4.79 Å². The number of carbonyl (C=O) groups is 2. The van der Waals surface area contributed by atoms with E-state index in [-0.39, 0.29) is 18.5 Å². The van der Waals surface area contributed by atoms with Crippen LogP contribution in [-0.2, 0) is 9.53 Å². The lowest BCUT2D eigenvalue weighted by molar-refractivity contribution is -0.120. The predicted octanol–water partition coefficient (Wildman–Crippen LogP) is 1.74. The van der Waals surface area contributed by atoms with Crippen molar-refractivity contribution in [3.05, 3.63) is 29.8 Å². The molecule has 1 N–H and O–H groups in total. The van der Waals surface area contributed by atoms with Crippen LogP contribution in [0.1, 0.15) is 12.0 Å². The van der Waals surface area contributed by atoms with E-state index in [0.717, 1.165) is 11.3 Å². The highest BCUT2D eigenvalue weighted by atomic mass is 35.5. The Morgan fingerprint density at radius 2 is 2.14 bits per heavy atom. The molecule has 0 radical (unpaired) electrons. The van der Waals surface area contributed by atoms with E-state index in [9.17, 15) is 9.59 Å². The maximum absolute atomic E-state index is 11.4. The van der Waals surface area contributed by atoms with Crippen LogP contribution in [0.3, 0.4) is 0 Å². The number of halogens is 1. The van der Waals surface area contributed by atoms with Crippen molar-refractivity contribution in [3.63, 3.8) is 0 Å². The Balaban J connectivity index is 1.88. The van der Waals surface area contributed by atoms with Gasteiger partial charge in [0.15, 0.2) is 0 Å². The molecule has 0 atom stereocenters. The SMILES string of the molecule is O=C(CCCl)NCC#Cc1ccc(N2CCOC2=O)cc1. The van der Waals surface area contributed by atoms with Crippen molar-refractivity contribution >= 4 is 29.3 Å². The van der Waals surface area contributed by atoms with Gasteiger partial charge in [-0.2, -0.15) is 0 Å². The van der Waals surface area contributed by atoms with Gasteiger partial charge < -0.3 is 10.1 Å². The standard InChI is InChI=1S/C15H15ClN2O3/c16-8-7-14(19)17-9-1-2-12-3-5-13(6-4-12)18-10-11-21-15(18)20/h3-6H,7-11H2,(H,17,19). The fraction of sp³-hybridized carbons (Fsp3) is 0.333. The molecule has 1 aliphatic rings. The lowest BCUT2D eigenvalue weighted by Crippen LogP contribution is -2.23. The van der Waals surface area contributed by atoms with Gasteiger partial charge in [0, 0.05) is 23.6 Å². The number of amides is 2. The third-order valence-electron chi connectivity index (χ3n) is 2.87. The average molecular weight is 307 g/mol. The van der Waals surface area contributed by atoms with E-state index < -0.39 is 0 Å². The molecule has 6 heteroatoms. The summed E-state index contributed by atoms with van der Waals surface area (Å²) in [5.74, 6) is 5.99. The molecule has 1 heterocycles. The Hall–Kier alpha value is -2.19. The second kappa shape index (κ2) is 7.55. The fourth-order valence-electron chi connectivity index (χ4n) is 1.82. The zero-order valence-electron chi connectivity index (χ0n) is 11.4. The molecule has 1 aromatic carbocycles. The minimum absolute atomic E-state index is 0.109. The zero-order chi connectivity index (χ0) is 15.1. The van der Waals surface area contributed by atoms with Gasteiger partial charge in [0.1, 0.15) is 6.61 Å². The van der Waals surface area contributed by atoms with E-state index in [1.165, 1.54) is 0 Å². The summed E-state index contributed by atoms with van der Waals surface area (Å²) in [6.45, 7) is 1.27. The van der Waals surface area contributed by atoms with E-state index in [1.54, 1.807) is 4.90 Å². The van der Waals surface area contributed by atoms with Gasteiger partial charge in [0.2, 0.25) is 5.91 Å². The molecule has 1 aliphatic heterocycles. The second-order valence-corrected chi connectivity index (χ2v) is 4.71. The Labute approximate surface area is 128 Å². The van der Waals surface area contributed by atoms with Crippen LogP contribution in [-0.4, -0.2) is 37.6 Å². The molecule has 5 nitrogen and oxygen atoms in total. The van der Waals surface area contributed by atoms with Crippen molar-refractivity contribution in [1.82, 2.24) is 5.32 Å². The fourth-order valence-corrected chi connectivity index (χ4v) is 1.99. The number of benzene rings is 1. The first-order chi connectivity index (χ1) is 10.2. The third-order valence-corrected chi connectivity index (χ3v) is 3.06. The summed E-state index contributed by atoms with van der Waals surface area (Å²) in [5.41, 5.74) is 1.61. The lowest BCUT2D eigenvalue weighted by Gasteiger charge is -2.11. The molecule has 2 amide bonds. The molecular weight excluding hydrogens is 292 g/mol. The molecule has 1 saturated heterocycles. The van der Waals surface area contributed by atoms with Crippen LogP contribution in [0.25, 0.3) is 0 Å². The Morgan fingerprint density at radius 1 is 1.38 bits per heavy atom. The van der Waals surface area contributed by atoms with Gasteiger partial charge in [-0.1, -0.05) is 11.8 Å². The summed E-state index contributed by atoms with van der Waals surface area (Å²) >= 11 is 5.45. The highest BCUT2D eigenvalue weighted by molar-refractivity contribution is 6.18. The highest BCUT2D eigenvalue weighted by Gasteiger charge is 2.22. The number of cyclic esters (lactones) is 1. The van der Waals surface area contributed by atoms with Crippen LogP contribution in [0.5, 0.6) is 0 Å². The van der Waals surface area contributed by atoms with Gasteiger partial charge in [0.25, 0.3) is 0 Å². The summed E-state index contributed by atoms with van der Waals surface area (Å²) in [6.07, 6.45) is -0.0278. The summed E-state index contributed by atoms with van der Waals surface area (Å²) < 4.78 is 4.88. The van der Waals surface area contributed by atoms with Crippen molar-refractivity contribution in [2.45, 2.75) is 6.42 Å². The number of hydrogen-bond acceptors (Lipinski definition) is 3. The Bertz CT molecular complexity index is 575. The Morgan fingerprint density at radius 3 is 2.76 bits per heavy atom. The second-order valence-electron chi connectivity index (χ2n) is 4.33. The average Bonchev–Trinajstić information content (AvgIpc) is 2.91. The number of nitrogens with one attached hydrogen (secondary N) is 1. The number of hydrogen-bond donors (Lipinski definition) is 1. The molecule has 0 spiro atoms. The van der Waals surface area contributed by atoms with Crippen LogP contribution < -0.4 is 10.2 Å². The number of alkyl halides is 1.